The lowest BCUT2D eigenvalue weighted by Crippen LogP contribution is -2.32. The zero-order chi connectivity index (χ0) is 14.9. The molecule has 2 rings (SSSR count). The molecule has 1 saturated heterocycles. The van der Waals surface area contributed by atoms with Crippen molar-refractivity contribution >= 4 is 5.91 Å². The Balaban J connectivity index is 1.62. The minimum Gasteiger partial charge on any atom is -0.482 e. The number of benzene rings is 1. The summed E-state index contributed by atoms with van der Waals surface area (Å²) in [7, 11) is 0. The Morgan fingerprint density at radius 2 is 2.10 bits per heavy atom. The first-order valence-corrected chi connectivity index (χ1v) is 7.40. The lowest BCUT2D eigenvalue weighted by molar-refractivity contribution is -0.123. The molecule has 5 heteroatoms. The van der Waals surface area contributed by atoms with Gasteiger partial charge in [-0.15, -0.1) is 0 Å². The number of carbonyl (C=O) groups is 1. The van der Waals surface area contributed by atoms with Crippen LogP contribution in [-0.2, 0) is 4.79 Å². The molecule has 1 aromatic rings. The van der Waals surface area contributed by atoms with E-state index in [-0.39, 0.29) is 12.5 Å². The van der Waals surface area contributed by atoms with E-state index in [9.17, 15) is 4.79 Å². The van der Waals surface area contributed by atoms with E-state index in [0.717, 1.165) is 13.0 Å². The Hall–Kier alpha value is -2.06. The van der Waals surface area contributed by atoms with Crippen LogP contribution in [0.25, 0.3) is 0 Å². The monoisotopic (exact) mass is 287 g/mol. The molecule has 0 saturated carbocycles. The Morgan fingerprint density at radius 3 is 2.86 bits per heavy atom. The molecule has 1 N–H and O–H groups in total. The molecule has 0 aromatic heterocycles. The van der Waals surface area contributed by atoms with Gasteiger partial charge in [0.1, 0.15) is 11.8 Å². The van der Waals surface area contributed by atoms with Crippen molar-refractivity contribution < 1.29 is 9.53 Å². The van der Waals surface area contributed by atoms with Crippen molar-refractivity contribution in [2.24, 2.45) is 0 Å². The fourth-order valence-electron chi connectivity index (χ4n) is 2.42. The lowest BCUT2D eigenvalue weighted by Gasteiger charge is -2.14. The SMILES string of the molecule is N#Cc1ccccc1OCC(=O)NCCCN1CCCC1. The molecule has 0 atom stereocenters. The minimum atomic E-state index is -0.149. The quantitative estimate of drug-likeness (QED) is 0.773. The summed E-state index contributed by atoms with van der Waals surface area (Å²) in [5, 5.41) is 11.8. The maximum Gasteiger partial charge on any atom is 0.257 e. The Bertz CT molecular complexity index is 504. The number of nitrogens with zero attached hydrogens (tertiary/aromatic N) is 2. The van der Waals surface area contributed by atoms with Crippen LogP contribution in [-0.4, -0.2) is 43.6 Å². The van der Waals surface area contributed by atoms with E-state index in [4.69, 9.17) is 10.00 Å². The van der Waals surface area contributed by atoms with Crippen LogP contribution in [0.2, 0.25) is 0 Å². The third kappa shape index (κ3) is 5.09. The third-order valence-electron chi connectivity index (χ3n) is 3.54. The second kappa shape index (κ2) is 8.28. The number of para-hydroxylation sites is 1. The van der Waals surface area contributed by atoms with Gasteiger partial charge in [0.05, 0.1) is 5.56 Å². The van der Waals surface area contributed by atoms with Gasteiger partial charge in [-0.2, -0.15) is 5.26 Å². The van der Waals surface area contributed by atoms with Crippen LogP contribution in [0.5, 0.6) is 5.75 Å². The number of hydrogen-bond donors (Lipinski definition) is 1. The lowest BCUT2D eigenvalue weighted by atomic mass is 10.2. The highest BCUT2D eigenvalue weighted by Gasteiger charge is 2.10. The number of likely N-dealkylation sites (tertiary alicyclic amines) is 1. The van der Waals surface area contributed by atoms with Crippen molar-refractivity contribution in [1.29, 1.82) is 5.26 Å². The molecule has 0 unspecified atom stereocenters. The van der Waals surface area contributed by atoms with Crippen LogP contribution in [0.15, 0.2) is 24.3 Å². The number of hydrogen-bond acceptors (Lipinski definition) is 4. The fraction of sp³-hybridized carbons (Fsp3) is 0.500. The van der Waals surface area contributed by atoms with Crippen molar-refractivity contribution in [3.05, 3.63) is 29.8 Å². The van der Waals surface area contributed by atoms with Crippen LogP contribution in [0.3, 0.4) is 0 Å². The van der Waals surface area contributed by atoms with E-state index >= 15 is 0 Å². The number of rotatable bonds is 7. The minimum absolute atomic E-state index is 0.0532. The summed E-state index contributed by atoms with van der Waals surface area (Å²) in [5.74, 6) is 0.302. The number of ether oxygens (including phenoxy) is 1. The largest absolute Gasteiger partial charge is 0.482 e. The first kappa shape index (κ1) is 15.3. The van der Waals surface area contributed by atoms with Crippen molar-refractivity contribution in [1.82, 2.24) is 10.2 Å². The summed E-state index contributed by atoms with van der Waals surface area (Å²) in [5.41, 5.74) is 0.444. The van der Waals surface area contributed by atoms with E-state index in [1.807, 2.05) is 6.07 Å². The number of nitriles is 1. The maximum atomic E-state index is 11.7. The Kier molecular flexibility index (Phi) is 6.04. The number of carbonyl (C=O) groups excluding carboxylic acids is 1. The molecule has 112 valence electrons. The Morgan fingerprint density at radius 1 is 1.33 bits per heavy atom. The van der Waals surface area contributed by atoms with Gasteiger partial charge in [0.15, 0.2) is 6.61 Å². The van der Waals surface area contributed by atoms with Gasteiger partial charge >= 0.3 is 0 Å². The molecular weight excluding hydrogens is 266 g/mol. The van der Waals surface area contributed by atoms with Crippen molar-refractivity contribution in [2.45, 2.75) is 19.3 Å². The van der Waals surface area contributed by atoms with Gasteiger partial charge in [-0.05, 0) is 51.0 Å². The topological polar surface area (TPSA) is 65.4 Å². The molecule has 0 spiro atoms. The van der Waals surface area contributed by atoms with Crippen LogP contribution in [0, 0.1) is 11.3 Å². The molecular formula is C16H21N3O2. The van der Waals surface area contributed by atoms with Gasteiger partial charge in [-0.3, -0.25) is 4.79 Å². The van der Waals surface area contributed by atoms with Crippen LogP contribution < -0.4 is 10.1 Å². The van der Waals surface area contributed by atoms with Crippen molar-refractivity contribution in [3.63, 3.8) is 0 Å². The van der Waals surface area contributed by atoms with Crippen LogP contribution in [0.1, 0.15) is 24.8 Å². The normalized spacial score (nSPS) is 14.6. The van der Waals surface area contributed by atoms with Crippen molar-refractivity contribution in [3.8, 4) is 11.8 Å². The summed E-state index contributed by atoms with van der Waals surface area (Å²) in [6.45, 7) is 4.02. The highest BCUT2D eigenvalue weighted by Crippen LogP contribution is 2.16. The van der Waals surface area contributed by atoms with Crippen LogP contribution in [0.4, 0.5) is 0 Å². The predicted molar refractivity (Wildman–Crippen MR) is 80.0 cm³/mol. The molecule has 1 amide bonds. The molecule has 1 fully saturated rings. The number of nitrogens with one attached hydrogen (secondary N) is 1. The molecule has 21 heavy (non-hydrogen) atoms. The van der Waals surface area contributed by atoms with Gasteiger partial charge in [-0.1, -0.05) is 12.1 Å². The molecule has 0 aliphatic carbocycles. The molecule has 0 radical (unpaired) electrons. The highest BCUT2D eigenvalue weighted by molar-refractivity contribution is 5.77. The van der Waals surface area contributed by atoms with E-state index < -0.39 is 0 Å². The maximum absolute atomic E-state index is 11.7. The summed E-state index contributed by atoms with van der Waals surface area (Å²) in [6.07, 6.45) is 3.54. The Labute approximate surface area is 125 Å². The second-order valence-corrected chi connectivity index (χ2v) is 5.15. The summed E-state index contributed by atoms with van der Waals surface area (Å²) >= 11 is 0. The molecule has 1 aliphatic heterocycles. The zero-order valence-electron chi connectivity index (χ0n) is 12.2. The van der Waals surface area contributed by atoms with Gasteiger partial charge in [0.2, 0.25) is 0 Å². The van der Waals surface area contributed by atoms with E-state index in [1.165, 1.54) is 25.9 Å². The van der Waals surface area contributed by atoms with Gasteiger partial charge < -0.3 is 15.0 Å². The first-order chi connectivity index (χ1) is 10.3. The number of amides is 1. The van der Waals surface area contributed by atoms with E-state index in [2.05, 4.69) is 10.2 Å². The summed E-state index contributed by atoms with van der Waals surface area (Å²) in [4.78, 5) is 14.1. The van der Waals surface area contributed by atoms with Crippen LogP contribution >= 0.6 is 0 Å². The van der Waals surface area contributed by atoms with Gasteiger partial charge in [0, 0.05) is 6.54 Å². The van der Waals surface area contributed by atoms with Crippen molar-refractivity contribution in [2.75, 3.05) is 32.8 Å². The average molecular weight is 287 g/mol. The molecule has 1 heterocycles. The highest BCUT2D eigenvalue weighted by atomic mass is 16.5. The molecule has 1 aliphatic rings. The standard InChI is InChI=1S/C16H21N3O2/c17-12-14-6-1-2-7-15(14)21-13-16(20)18-8-5-11-19-9-3-4-10-19/h1-2,6-7H,3-5,8-11,13H2,(H,18,20). The molecule has 0 bridgehead atoms. The summed E-state index contributed by atoms with van der Waals surface area (Å²) < 4.78 is 5.38. The molecule has 1 aromatic carbocycles. The second-order valence-electron chi connectivity index (χ2n) is 5.15. The fourth-order valence-corrected chi connectivity index (χ4v) is 2.42. The first-order valence-electron chi connectivity index (χ1n) is 7.40. The van der Waals surface area contributed by atoms with Gasteiger partial charge in [-0.25, -0.2) is 0 Å². The molecule has 5 nitrogen and oxygen atoms in total. The predicted octanol–water partition coefficient (Wildman–Crippen LogP) is 1.54. The third-order valence-corrected chi connectivity index (χ3v) is 3.54. The average Bonchev–Trinajstić information content (AvgIpc) is 3.03. The van der Waals surface area contributed by atoms with Gasteiger partial charge in [0.25, 0.3) is 5.91 Å². The van der Waals surface area contributed by atoms with E-state index in [0.29, 0.717) is 17.9 Å². The zero-order valence-corrected chi connectivity index (χ0v) is 12.2. The van der Waals surface area contributed by atoms with E-state index in [1.54, 1.807) is 24.3 Å². The summed E-state index contributed by atoms with van der Waals surface area (Å²) in [6, 6.07) is 8.95. The smallest absolute Gasteiger partial charge is 0.257 e.